The van der Waals surface area contributed by atoms with E-state index in [0.29, 0.717) is 12.6 Å². The minimum Gasteiger partial charge on any atom is -0.486 e. The normalized spacial score (nSPS) is 24.6. The molecule has 22 heavy (non-hydrogen) atoms. The number of hydrogen-bond donors (Lipinski definition) is 0. The second-order valence-corrected chi connectivity index (χ2v) is 6.02. The summed E-state index contributed by atoms with van der Waals surface area (Å²) in [7, 11) is 0. The van der Waals surface area contributed by atoms with Crippen molar-refractivity contribution in [2.45, 2.75) is 31.9 Å². The lowest BCUT2D eigenvalue weighted by Crippen LogP contribution is -2.40. The van der Waals surface area contributed by atoms with Crippen LogP contribution in [0.5, 0.6) is 11.5 Å². The van der Waals surface area contributed by atoms with E-state index in [-0.39, 0.29) is 6.10 Å². The van der Waals surface area contributed by atoms with Crippen molar-refractivity contribution in [1.82, 2.24) is 10.1 Å². The van der Waals surface area contributed by atoms with E-state index in [0.717, 1.165) is 42.5 Å². The second-order valence-electron chi connectivity index (χ2n) is 6.02. The summed E-state index contributed by atoms with van der Waals surface area (Å²) in [5, 5.41) is 4.01. The summed E-state index contributed by atoms with van der Waals surface area (Å²) in [5.41, 5.74) is 0.938. The zero-order valence-corrected chi connectivity index (χ0v) is 12.7. The molecular formula is C17H20N2O3. The number of likely N-dealkylation sites (tertiary alicyclic amines) is 1. The van der Waals surface area contributed by atoms with Gasteiger partial charge in [-0.25, -0.2) is 0 Å². The van der Waals surface area contributed by atoms with Crippen molar-refractivity contribution in [2.24, 2.45) is 0 Å². The van der Waals surface area contributed by atoms with Crippen molar-refractivity contribution >= 4 is 0 Å². The fourth-order valence-electron chi connectivity index (χ4n) is 3.32. The Morgan fingerprint density at radius 1 is 1.27 bits per heavy atom. The number of fused-ring (bicyclic) bond motifs is 1. The number of nitrogens with zero attached hydrogens (tertiary/aromatic N) is 2. The molecule has 2 aromatic rings. The summed E-state index contributed by atoms with van der Waals surface area (Å²) in [6.45, 7) is 4.46. The highest BCUT2D eigenvalue weighted by Gasteiger charge is 2.32. The van der Waals surface area contributed by atoms with Crippen molar-refractivity contribution in [3.63, 3.8) is 0 Å². The number of ether oxygens (including phenoxy) is 2. The third-order valence-electron chi connectivity index (χ3n) is 4.34. The van der Waals surface area contributed by atoms with Gasteiger partial charge in [0.25, 0.3) is 0 Å². The van der Waals surface area contributed by atoms with Gasteiger partial charge in [0.1, 0.15) is 12.7 Å². The third-order valence-corrected chi connectivity index (χ3v) is 4.34. The Bertz CT molecular complexity index is 655. The molecule has 4 rings (SSSR count). The molecule has 2 atom stereocenters. The van der Waals surface area contributed by atoms with E-state index in [1.54, 1.807) is 0 Å². The standard InChI is InChI=1S/C17H20N2O3/c1-12-9-17(22-18-12)14-5-4-8-19(14)10-13-11-20-15-6-2-3-7-16(15)21-13/h2-3,6-7,9,13-14H,4-5,8,10-11H2,1H3/t13-,14+/m0/s1. The van der Waals surface area contributed by atoms with Crippen molar-refractivity contribution < 1.29 is 14.0 Å². The van der Waals surface area contributed by atoms with Crippen LogP contribution in [0.3, 0.4) is 0 Å². The van der Waals surface area contributed by atoms with Crippen LogP contribution in [0.25, 0.3) is 0 Å². The van der Waals surface area contributed by atoms with E-state index >= 15 is 0 Å². The fraction of sp³-hybridized carbons (Fsp3) is 0.471. The molecule has 116 valence electrons. The van der Waals surface area contributed by atoms with Crippen LogP contribution >= 0.6 is 0 Å². The topological polar surface area (TPSA) is 47.7 Å². The highest BCUT2D eigenvalue weighted by molar-refractivity contribution is 5.40. The number of hydrogen-bond acceptors (Lipinski definition) is 5. The molecule has 2 aliphatic heterocycles. The Labute approximate surface area is 129 Å². The third kappa shape index (κ3) is 2.57. The quantitative estimate of drug-likeness (QED) is 0.872. The maximum atomic E-state index is 6.07. The summed E-state index contributed by atoms with van der Waals surface area (Å²) >= 11 is 0. The zero-order valence-electron chi connectivity index (χ0n) is 12.7. The molecule has 0 unspecified atom stereocenters. The van der Waals surface area contributed by atoms with Gasteiger partial charge in [-0.2, -0.15) is 0 Å². The van der Waals surface area contributed by atoms with Crippen LogP contribution in [0.1, 0.15) is 30.3 Å². The maximum Gasteiger partial charge on any atom is 0.161 e. The molecule has 1 aromatic carbocycles. The minimum absolute atomic E-state index is 0.0551. The van der Waals surface area contributed by atoms with E-state index in [1.165, 1.54) is 6.42 Å². The van der Waals surface area contributed by atoms with Crippen molar-refractivity contribution in [3.8, 4) is 11.5 Å². The zero-order chi connectivity index (χ0) is 14.9. The van der Waals surface area contributed by atoms with Crippen LogP contribution in [0.2, 0.25) is 0 Å². The van der Waals surface area contributed by atoms with Crippen LogP contribution < -0.4 is 9.47 Å². The van der Waals surface area contributed by atoms with Crippen LogP contribution in [0.4, 0.5) is 0 Å². The average Bonchev–Trinajstić information content (AvgIpc) is 3.16. The lowest BCUT2D eigenvalue weighted by molar-refractivity contribution is 0.0516. The molecule has 2 aliphatic rings. The number of benzene rings is 1. The van der Waals surface area contributed by atoms with E-state index < -0.39 is 0 Å². The molecule has 3 heterocycles. The number of aryl methyl sites for hydroxylation is 1. The molecule has 0 aliphatic carbocycles. The van der Waals surface area contributed by atoms with Gasteiger partial charge in [0.2, 0.25) is 0 Å². The van der Waals surface area contributed by atoms with Gasteiger partial charge >= 0.3 is 0 Å². The molecule has 0 N–H and O–H groups in total. The highest BCUT2D eigenvalue weighted by Crippen LogP contribution is 2.35. The van der Waals surface area contributed by atoms with Crippen LogP contribution in [-0.2, 0) is 0 Å². The first-order chi connectivity index (χ1) is 10.8. The molecule has 1 saturated heterocycles. The Morgan fingerprint density at radius 2 is 2.14 bits per heavy atom. The molecule has 5 heteroatoms. The molecule has 5 nitrogen and oxygen atoms in total. The largest absolute Gasteiger partial charge is 0.486 e. The Kier molecular flexibility index (Phi) is 3.50. The molecule has 0 bridgehead atoms. The number of para-hydroxylation sites is 2. The van der Waals surface area contributed by atoms with E-state index in [4.69, 9.17) is 14.0 Å². The number of rotatable bonds is 3. The molecule has 0 saturated carbocycles. The number of aromatic nitrogens is 1. The Hall–Kier alpha value is -2.01. The van der Waals surface area contributed by atoms with E-state index in [9.17, 15) is 0 Å². The Balaban J connectivity index is 1.45. The van der Waals surface area contributed by atoms with Crippen LogP contribution in [0, 0.1) is 6.92 Å². The molecule has 1 fully saturated rings. The average molecular weight is 300 g/mol. The predicted molar refractivity (Wildman–Crippen MR) is 81.1 cm³/mol. The summed E-state index contributed by atoms with van der Waals surface area (Å²) in [6, 6.07) is 10.2. The fourth-order valence-corrected chi connectivity index (χ4v) is 3.32. The van der Waals surface area contributed by atoms with Gasteiger partial charge in [-0.3, -0.25) is 4.90 Å². The van der Waals surface area contributed by atoms with Gasteiger partial charge in [0.15, 0.2) is 17.3 Å². The first kappa shape index (κ1) is 13.6. The minimum atomic E-state index is 0.0551. The van der Waals surface area contributed by atoms with Crippen molar-refractivity contribution in [1.29, 1.82) is 0 Å². The molecule has 0 spiro atoms. The monoisotopic (exact) mass is 300 g/mol. The van der Waals surface area contributed by atoms with Crippen LogP contribution in [0.15, 0.2) is 34.9 Å². The molecule has 0 amide bonds. The van der Waals surface area contributed by atoms with Gasteiger partial charge in [-0.05, 0) is 38.4 Å². The summed E-state index contributed by atoms with van der Waals surface area (Å²) in [6.07, 6.45) is 2.34. The smallest absolute Gasteiger partial charge is 0.161 e. The second kappa shape index (κ2) is 5.65. The van der Waals surface area contributed by atoms with Crippen LogP contribution in [-0.4, -0.2) is 35.9 Å². The van der Waals surface area contributed by atoms with Gasteiger partial charge in [-0.1, -0.05) is 17.3 Å². The van der Waals surface area contributed by atoms with Gasteiger partial charge in [-0.15, -0.1) is 0 Å². The summed E-state index contributed by atoms with van der Waals surface area (Å²) in [4.78, 5) is 2.42. The molecule has 0 radical (unpaired) electrons. The Morgan fingerprint density at radius 3 is 2.95 bits per heavy atom. The van der Waals surface area contributed by atoms with E-state index in [2.05, 4.69) is 10.1 Å². The first-order valence-electron chi connectivity index (χ1n) is 7.85. The van der Waals surface area contributed by atoms with Crippen molar-refractivity contribution in [3.05, 3.63) is 41.8 Å². The van der Waals surface area contributed by atoms with Gasteiger partial charge < -0.3 is 14.0 Å². The van der Waals surface area contributed by atoms with Crippen molar-refractivity contribution in [2.75, 3.05) is 19.7 Å². The maximum absolute atomic E-state index is 6.07. The predicted octanol–water partition coefficient (Wildman–Crippen LogP) is 2.96. The molecule has 1 aromatic heterocycles. The lowest BCUT2D eigenvalue weighted by Gasteiger charge is -2.31. The molecular weight excluding hydrogens is 280 g/mol. The first-order valence-corrected chi connectivity index (χ1v) is 7.85. The van der Waals surface area contributed by atoms with Gasteiger partial charge in [0, 0.05) is 12.6 Å². The summed E-state index contributed by atoms with van der Waals surface area (Å²) in [5.74, 6) is 2.64. The SMILES string of the molecule is Cc1cc([C@H]2CCCN2C[C@H]2COc3ccccc3O2)on1. The highest BCUT2D eigenvalue weighted by atomic mass is 16.6. The van der Waals surface area contributed by atoms with Gasteiger partial charge in [0.05, 0.1) is 11.7 Å². The summed E-state index contributed by atoms with van der Waals surface area (Å²) < 4.78 is 17.3. The van der Waals surface area contributed by atoms with E-state index in [1.807, 2.05) is 37.3 Å². The lowest BCUT2D eigenvalue weighted by atomic mass is 10.1.